The predicted molar refractivity (Wildman–Crippen MR) is 150 cm³/mol. The highest BCUT2D eigenvalue weighted by atomic mass is 19.4. The number of benzene rings is 3. The third-order valence-electron chi connectivity index (χ3n) is 7.54. The maximum absolute atomic E-state index is 15.0. The van der Waals surface area contributed by atoms with Crippen molar-refractivity contribution in [1.29, 1.82) is 0 Å². The van der Waals surface area contributed by atoms with Crippen molar-refractivity contribution < 1.29 is 27.5 Å². The summed E-state index contributed by atoms with van der Waals surface area (Å²) in [4.78, 5) is 15.6. The Bertz CT molecular complexity index is 1520. The molecule has 4 nitrogen and oxygen atoms in total. The minimum atomic E-state index is -5.08. The number of hydrogen-bond donors (Lipinski definition) is 1. The number of nitrogens with zero attached hydrogens (tertiary/aromatic N) is 2. The van der Waals surface area contributed by atoms with E-state index in [1.807, 2.05) is 60.9 Å². The molecule has 0 aliphatic carbocycles. The summed E-state index contributed by atoms with van der Waals surface area (Å²) in [5, 5.41) is 7.12. The van der Waals surface area contributed by atoms with Gasteiger partial charge in [-0.1, -0.05) is 72.8 Å². The van der Waals surface area contributed by atoms with Crippen LogP contribution >= 0.6 is 0 Å². The number of aromatic nitrogens is 1. The lowest BCUT2D eigenvalue weighted by Gasteiger charge is -2.34. The van der Waals surface area contributed by atoms with Gasteiger partial charge in [-0.2, -0.15) is 13.2 Å². The summed E-state index contributed by atoms with van der Waals surface area (Å²) >= 11 is 0. The molecule has 1 saturated heterocycles. The zero-order valence-corrected chi connectivity index (χ0v) is 22.1. The molecular weight excluding hydrogens is 532 g/mol. The van der Waals surface area contributed by atoms with Crippen molar-refractivity contribution in [3.63, 3.8) is 0 Å². The number of carbonyl (C=O) groups is 1. The van der Waals surface area contributed by atoms with Crippen LogP contribution in [0.15, 0.2) is 103 Å². The number of aliphatic carboxylic acids is 1. The summed E-state index contributed by atoms with van der Waals surface area (Å²) in [6.07, 6.45) is 4.32. The van der Waals surface area contributed by atoms with Crippen molar-refractivity contribution >= 4 is 11.5 Å². The molecule has 0 radical (unpaired) electrons. The molecule has 1 fully saturated rings. The molecule has 2 unspecified atom stereocenters. The molecule has 3 heterocycles. The van der Waals surface area contributed by atoms with Gasteiger partial charge in [-0.3, -0.25) is 9.88 Å². The SMILES string of the molecule is Fc1cc(C2=CC3CCC(C2)N3Cc2ccc(-c3ccncc3)cc2)ccc1-c1ccccc1.O=C(O)C(F)(F)F. The third kappa shape index (κ3) is 6.72. The largest absolute Gasteiger partial charge is 0.490 e. The first-order valence-corrected chi connectivity index (χ1v) is 13.3. The van der Waals surface area contributed by atoms with Gasteiger partial charge in [0.15, 0.2) is 0 Å². The summed E-state index contributed by atoms with van der Waals surface area (Å²) in [5.74, 6) is -2.90. The van der Waals surface area contributed by atoms with E-state index in [9.17, 15) is 17.6 Å². The van der Waals surface area contributed by atoms with Gasteiger partial charge in [0.1, 0.15) is 5.82 Å². The highest BCUT2D eigenvalue weighted by Crippen LogP contribution is 2.40. The monoisotopic (exact) mass is 560 g/mol. The number of alkyl halides is 3. The molecule has 6 rings (SSSR count). The van der Waals surface area contributed by atoms with E-state index < -0.39 is 12.1 Å². The van der Waals surface area contributed by atoms with Crippen molar-refractivity contribution in [3.8, 4) is 22.3 Å². The minimum Gasteiger partial charge on any atom is -0.475 e. The molecule has 2 aliphatic rings. The number of halogens is 4. The molecule has 8 heteroatoms. The highest BCUT2D eigenvalue weighted by molar-refractivity contribution is 5.73. The van der Waals surface area contributed by atoms with Crippen molar-refractivity contribution in [3.05, 3.63) is 120 Å². The number of hydrogen-bond acceptors (Lipinski definition) is 3. The Kier molecular flexibility index (Phi) is 8.31. The van der Waals surface area contributed by atoms with Gasteiger partial charge in [-0.25, -0.2) is 9.18 Å². The predicted octanol–water partition coefficient (Wildman–Crippen LogP) is 8.01. The van der Waals surface area contributed by atoms with Crippen LogP contribution in [0.25, 0.3) is 27.8 Å². The number of carboxylic acid groups (broad SMARTS) is 1. The van der Waals surface area contributed by atoms with Crippen LogP contribution in [0.4, 0.5) is 17.6 Å². The fraction of sp³-hybridized carbons (Fsp3) is 0.212. The van der Waals surface area contributed by atoms with Gasteiger partial charge in [0.05, 0.1) is 0 Å². The summed E-state index contributed by atoms with van der Waals surface area (Å²) in [6.45, 7) is 0.955. The molecule has 4 aromatic rings. The molecule has 2 aliphatic heterocycles. The lowest BCUT2D eigenvalue weighted by molar-refractivity contribution is -0.192. The van der Waals surface area contributed by atoms with Crippen LogP contribution in [-0.2, 0) is 11.3 Å². The first-order valence-electron chi connectivity index (χ1n) is 13.3. The van der Waals surface area contributed by atoms with Crippen LogP contribution in [0.5, 0.6) is 0 Å². The molecule has 0 saturated carbocycles. The molecule has 210 valence electrons. The maximum Gasteiger partial charge on any atom is 0.490 e. The van der Waals surface area contributed by atoms with E-state index in [1.54, 1.807) is 6.07 Å². The molecular formula is C33H28F4N2O2. The second-order valence-electron chi connectivity index (χ2n) is 10.2. The average Bonchev–Trinajstić information content (AvgIpc) is 3.19. The molecule has 1 N–H and O–H groups in total. The summed E-state index contributed by atoms with van der Waals surface area (Å²) in [5.41, 5.74) is 7.65. The Balaban J connectivity index is 0.000000431. The molecule has 0 amide bonds. The molecule has 2 bridgehead atoms. The van der Waals surface area contributed by atoms with E-state index in [0.29, 0.717) is 17.6 Å². The van der Waals surface area contributed by atoms with E-state index in [2.05, 4.69) is 46.3 Å². The number of fused-ring (bicyclic) bond motifs is 2. The zero-order chi connectivity index (χ0) is 29.0. The van der Waals surface area contributed by atoms with Crippen LogP contribution in [0.1, 0.15) is 30.4 Å². The van der Waals surface area contributed by atoms with Crippen LogP contribution < -0.4 is 0 Å². The van der Waals surface area contributed by atoms with Crippen LogP contribution in [0.2, 0.25) is 0 Å². The van der Waals surface area contributed by atoms with E-state index in [1.165, 1.54) is 35.1 Å². The normalized spacial score (nSPS) is 18.3. The van der Waals surface area contributed by atoms with Gasteiger partial charge in [-0.05, 0) is 70.9 Å². The average molecular weight is 561 g/mol. The van der Waals surface area contributed by atoms with Gasteiger partial charge in [-0.15, -0.1) is 0 Å². The molecule has 1 aromatic heterocycles. The van der Waals surface area contributed by atoms with Gasteiger partial charge < -0.3 is 5.11 Å². The van der Waals surface area contributed by atoms with E-state index >= 15 is 0 Å². The summed E-state index contributed by atoms with van der Waals surface area (Å²) in [7, 11) is 0. The molecule has 41 heavy (non-hydrogen) atoms. The van der Waals surface area contributed by atoms with Crippen LogP contribution in [0.3, 0.4) is 0 Å². The number of carboxylic acids is 1. The maximum atomic E-state index is 15.0. The van der Waals surface area contributed by atoms with Gasteiger partial charge >= 0.3 is 12.1 Å². The Morgan fingerprint density at radius 1 is 0.854 bits per heavy atom. The Hall–Kier alpha value is -4.30. The van der Waals surface area contributed by atoms with E-state index in [4.69, 9.17) is 9.90 Å². The molecule has 2 atom stereocenters. The third-order valence-corrected chi connectivity index (χ3v) is 7.54. The fourth-order valence-corrected chi connectivity index (χ4v) is 5.50. The quantitative estimate of drug-likeness (QED) is 0.251. The minimum absolute atomic E-state index is 0.145. The Morgan fingerprint density at radius 2 is 1.49 bits per heavy atom. The van der Waals surface area contributed by atoms with Crippen LogP contribution in [-0.4, -0.2) is 39.2 Å². The standard InChI is InChI=1S/C31H27FN2.C2HF3O2/c32-31-20-26(10-13-30(31)25-4-2-1-3-5-25)27-18-28-11-12-29(19-27)34(28)21-22-6-8-23(9-7-22)24-14-16-33-17-15-24;3-2(4,5)1(6)7/h1-10,13-18,20,28-29H,11-12,19,21H2;(H,6,7). The first-order chi connectivity index (χ1) is 19.7. The van der Waals surface area contributed by atoms with E-state index in [0.717, 1.165) is 24.1 Å². The zero-order valence-electron chi connectivity index (χ0n) is 22.1. The van der Waals surface area contributed by atoms with Crippen LogP contribution in [0, 0.1) is 5.82 Å². The van der Waals surface area contributed by atoms with Gasteiger partial charge in [0.25, 0.3) is 0 Å². The summed E-state index contributed by atoms with van der Waals surface area (Å²) in [6, 6.07) is 29.4. The fourth-order valence-electron chi connectivity index (χ4n) is 5.50. The topological polar surface area (TPSA) is 53.4 Å². The van der Waals surface area contributed by atoms with Crippen molar-refractivity contribution in [1.82, 2.24) is 9.88 Å². The number of pyridine rings is 1. The summed E-state index contributed by atoms with van der Waals surface area (Å²) < 4.78 is 46.7. The Morgan fingerprint density at radius 3 is 2.10 bits per heavy atom. The molecule has 3 aromatic carbocycles. The highest BCUT2D eigenvalue weighted by Gasteiger charge is 2.38. The van der Waals surface area contributed by atoms with E-state index in [-0.39, 0.29) is 5.82 Å². The second-order valence-corrected chi connectivity index (χ2v) is 10.2. The smallest absolute Gasteiger partial charge is 0.475 e. The first kappa shape index (κ1) is 28.2. The lowest BCUT2D eigenvalue weighted by atomic mass is 9.92. The second kappa shape index (κ2) is 12.1. The van der Waals surface area contributed by atoms with Crippen molar-refractivity contribution in [2.45, 2.75) is 44.1 Å². The van der Waals surface area contributed by atoms with Crippen molar-refractivity contribution in [2.24, 2.45) is 0 Å². The van der Waals surface area contributed by atoms with Gasteiger partial charge in [0.2, 0.25) is 0 Å². The number of rotatable bonds is 5. The Labute approximate surface area is 235 Å². The molecule has 0 spiro atoms. The van der Waals surface area contributed by atoms with Crippen molar-refractivity contribution in [2.75, 3.05) is 0 Å². The lowest BCUT2D eigenvalue weighted by Crippen LogP contribution is -2.37. The van der Waals surface area contributed by atoms with Gasteiger partial charge in [0, 0.05) is 36.6 Å².